The molecule has 0 bridgehead atoms. The van der Waals surface area contributed by atoms with Crippen LogP contribution in [0.4, 0.5) is 5.69 Å². The van der Waals surface area contributed by atoms with E-state index in [0.717, 1.165) is 17.8 Å². The summed E-state index contributed by atoms with van der Waals surface area (Å²) in [6.07, 6.45) is 0.104. The highest BCUT2D eigenvalue weighted by Crippen LogP contribution is 2.31. The summed E-state index contributed by atoms with van der Waals surface area (Å²) >= 11 is 1.09. The predicted octanol–water partition coefficient (Wildman–Crippen LogP) is 1.94. The summed E-state index contributed by atoms with van der Waals surface area (Å²) in [5, 5.41) is 11.2. The second-order valence-electron chi connectivity index (χ2n) is 4.84. The van der Waals surface area contributed by atoms with Gasteiger partial charge in [0.1, 0.15) is 0 Å². The van der Waals surface area contributed by atoms with Crippen LogP contribution in [-0.4, -0.2) is 38.2 Å². The SMILES string of the molecule is COC(=O)CCSc1ccc(S(=O)(=O)NC(C)C)cc1[N+](=O)[O-]. The van der Waals surface area contributed by atoms with Gasteiger partial charge in [-0.25, -0.2) is 13.1 Å². The highest BCUT2D eigenvalue weighted by atomic mass is 32.2. The molecule has 1 aromatic carbocycles. The molecule has 1 rings (SSSR count). The molecule has 0 aliphatic carbocycles. The number of carbonyl (C=O) groups is 1. The zero-order valence-electron chi connectivity index (χ0n) is 12.9. The monoisotopic (exact) mass is 362 g/mol. The van der Waals surface area contributed by atoms with E-state index in [0.29, 0.717) is 10.6 Å². The first-order valence-electron chi connectivity index (χ1n) is 6.67. The van der Waals surface area contributed by atoms with Crippen molar-refractivity contribution in [2.45, 2.75) is 36.1 Å². The number of sulfonamides is 1. The van der Waals surface area contributed by atoms with Crippen LogP contribution in [0.3, 0.4) is 0 Å². The zero-order chi connectivity index (χ0) is 17.6. The molecular weight excluding hydrogens is 344 g/mol. The number of benzene rings is 1. The molecular formula is C13H18N2O6S2. The fraction of sp³-hybridized carbons (Fsp3) is 0.462. The fourth-order valence-corrected chi connectivity index (χ4v) is 3.86. The Morgan fingerprint density at radius 2 is 2.09 bits per heavy atom. The number of nitrogens with zero attached hydrogens (tertiary/aromatic N) is 1. The van der Waals surface area contributed by atoms with Gasteiger partial charge in [-0.15, -0.1) is 11.8 Å². The fourth-order valence-electron chi connectivity index (χ4n) is 1.65. The van der Waals surface area contributed by atoms with E-state index in [-0.39, 0.29) is 23.0 Å². The minimum Gasteiger partial charge on any atom is -0.469 e. The summed E-state index contributed by atoms with van der Waals surface area (Å²) in [6.45, 7) is 3.31. The molecule has 0 heterocycles. The second-order valence-corrected chi connectivity index (χ2v) is 7.69. The zero-order valence-corrected chi connectivity index (χ0v) is 14.6. The van der Waals surface area contributed by atoms with Gasteiger partial charge in [0.05, 0.1) is 28.2 Å². The maximum Gasteiger partial charge on any atom is 0.306 e. The number of esters is 1. The molecule has 1 aromatic rings. The van der Waals surface area contributed by atoms with Crippen molar-refractivity contribution < 1.29 is 22.9 Å². The smallest absolute Gasteiger partial charge is 0.306 e. The first kappa shape index (κ1) is 19.4. The molecule has 0 atom stereocenters. The predicted molar refractivity (Wildman–Crippen MR) is 85.9 cm³/mol. The van der Waals surface area contributed by atoms with Gasteiger partial charge in [-0.2, -0.15) is 0 Å². The summed E-state index contributed by atoms with van der Waals surface area (Å²) in [4.78, 5) is 21.7. The van der Waals surface area contributed by atoms with Crippen molar-refractivity contribution in [2.75, 3.05) is 12.9 Å². The van der Waals surface area contributed by atoms with Gasteiger partial charge >= 0.3 is 5.97 Å². The van der Waals surface area contributed by atoms with Crippen molar-refractivity contribution in [3.8, 4) is 0 Å². The number of nitrogens with one attached hydrogen (secondary N) is 1. The summed E-state index contributed by atoms with van der Waals surface area (Å²) in [7, 11) is -2.55. The van der Waals surface area contributed by atoms with Crippen LogP contribution < -0.4 is 4.72 Å². The molecule has 0 amide bonds. The first-order chi connectivity index (χ1) is 10.7. The van der Waals surface area contributed by atoms with E-state index < -0.39 is 20.9 Å². The number of nitro groups is 1. The van der Waals surface area contributed by atoms with E-state index in [4.69, 9.17) is 0 Å². The summed E-state index contributed by atoms with van der Waals surface area (Å²) in [5.41, 5.74) is -0.313. The van der Waals surface area contributed by atoms with Crippen LogP contribution in [0.1, 0.15) is 20.3 Å². The summed E-state index contributed by atoms with van der Waals surface area (Å²) in [5.74, 6) is -0.121. The van der Waals surface area contributed by atoms with E-state index in [1.807, 2.05) is 0 Å². The molecule has 0 saturated heterocycles. The van der Waals surface area contributed by atoms with Crippen LogP contribution in [0.2, 0.25) is 0 Å². The Morgan fingerprint density at radius 1 is 1.43 bits per heavy atom. The van der Waals surface area contributed by atoms with Gasteiger partial charge in [0, 0.05) is 17.9 Å². The Hall–Kier alpha value is -1.65. The van der Waals surface area contributed by atoms with Crippen molar-refractivity contribution in [3.05, 3.63) is 28.3 Å². The van der Waals surface area contributed by atoms with E-state index >= 15 is 0 Å². The minimum atomic E-state index is -3.81. The van der Waals surface area contributed by atoms with E-state index in [1.54, 1.807) is 13.8 Å². The number of hydrogen-bond donors (Lipinski definition) is 1. The Morgan fingerprint density at radius 3 is 2.61 bits per heavy atom. The third kappa shape index (κ3) is 5.81. The molecule has 10 heteroatoms. The molecule has 0 radical (unpaired) electrons. The van der Waals surface area contributed by atoms with Gasteiger partial charge in [-0.1, -0.05) is 0 Å². The van der Waals surface area contributed by atoms with Crippen molar-refractivity contribution in [1.29, 1.82) is 0 Å². The van der Waals surface area contributed by atoms with Gasteiger partial charge < -0.3 is 4.74 Å². The minimum absolute atomic E-state index is 0.104. The summed E-state index contributed by atoms with van der Waals surface area (Å²) < 4.78 is 31.0. The van der Waals surface area contributed by atoms with Crippen LogP contribution in [-0.2, 0) is 19.6 Å². The number of carbonyl (C=O) groups excluding carboxylic acids is 1. The summed E-state index contributed by atoms with van der Waals surface area (Å²) in [6, 6.07) is 3.37. The second kappa shape index (κ2) is 8.27. The third-order valence-electron chi connectivity index (χ3n) is 2.62. The van der Waals surface area contributed by atoms with Crippen LogP contribution in [0.25, 0.3) is 0 Å². The average Bonchev–Trinajstić information content (AvgIpc) is 2.45. The lowest BCUT2D eigenvalue weighted by Crippen LogP contribution is -2.30. The quantitative estimate of drug-likeness (QED) is 0.325. The first-order valence-corrected chi connectivity index (χ1v) is 9.14. The number of nitro benzene ring substituents is 1. The van der Waals surface area contributed by atoms with Crippen LogP contribution in [0.5, 0.6) is 0 Å². The van der Waals surface area contributed by atoms with Crippen LogP contribution >= 0.6 is 11.8 Å². The van der Waals surface area contributed by atoms with Crippen molar-refractivity contribution >= 4 is 33.4 Å². The third-order valence-corrected chi connectivity index (χ3v) is 5.34. The highest BCUT2D eigenvalue weighted by Gasteiger charge is 2.22. The van der Waals surface area contributed by atoms with Crippen LogP contribution in [0.15, 0.2) is 28.0 Å². The average molecular weight is 362 g/mol. The Kier molecular flexibility index (Phi) is 6.98. The maximum absolute atomic E-state index is 12.1. The normalized spacial score (nSPS) is 11.5. The van der Waals surface area contributed by atoms with Gasteiger partial charge in [0.25, 0.3) is 5.69 Å². The van der Waals surface area contributed by atoms with Gasteiger partial charge in [0.15, 0.2) is 0 Å². The van der Waals surface area contributed by atoms with E-state index in [1.165, 1.54) is 19.2 Å². The number of ether oxygens (including phenoxy) is 1. The lowest BCUT2D eigenvalue weighted by Gasteiger charge is -2.10. The van der Waals surface area contributed by atoms with Gasteiger partial charge in [-0.05, 0) is 26.0 Å². The molecule has 0 unspecified atom stereocenters. The topological polar surface area (TPSA) is 116 Å². The Balaban J connectivity index is 3.03. The molecule has 8 nitrogen and oxygen atoms in total. The lowest BCUT2D eigenvalue weighted by atomic mass is 10.3. The molecule has 0 aliphatic rings. The number of methoxy groups -OCH3 is 1. The number of rotatable bonds is 8. The molecule has 23 heavy (non-hydrogen) atoms. The van der Waals surface area contributed by atoms with E-state index in [9.17, 15) is 23.3 Å². The Labute approximate surface area is 138 Å². The van der Waals surface area contributed by atoms with Crippen molar-refractivity contribution in [1.82, 2.24) is 4.72 Å². The van der Waals surface area contributed by atoms with Gasteiger partial charge in [-0.3, -0.25) is 14.9 Å². The largest absolute Gasteiger partial charge is 0.469 e. The lowest BCUT2D eigenvalue weighted by molar-refractivity contribution is -0.388. The Bertz CT molecular complexity index is 688. The van der Waals surface area contributed by atoms with Crippen molar-refractivity contribution in [3.63, 3.8) is 0 Å². The standard InChI is InChI=1S/C13H18N2O6S2/c1-9(2)14-23(19,20)10-4-5-12(11(8-10)15(17)18)22-7-6-13(16)21-3/h4-5,8-9,14H,6-7H2,1-3H3. The molecule has 0 aromatic heterocycles. The van der Waals surface area contributed by atoms with Crippen LogP contribution in [0, 0.1) is 10.1 Å². The number of hydrogen-bond acceptors (Lipinski definition) is 7. The molecule has 0 fully saturated rings. The molecule has 128 valence electrons. The van der Waals surface area contributed by atoms with E-state index in [2.05, 4.69) is 9.46 Å². The van der Waals surface area contributed by atoms with Gasteiger partial charge in [0.2, 0.25) is 10.0 Å². The molecule has 0 aliphatic heterocycles. The molecule has 1 N–H and O–H groups in total. The number of thioether (sulfide) groups is 1. The molecule has 0 saturated carbocycles. The molecule has 0 spiro atoms. The maximum atomic E-state index is 12.1. The van der Waals surface area contributed by atoms with Crippen molar-refractivity contribution in [2.24, 2.45) is 0 Å². The highest BCUT2D eigenvalue weighted by molar-refractivity contribution is 7.99.